The minimum atomic E-state index is -2.31. The van der Waals surface area contributed by atoms with E-state index < -0.39 is 82.1 Å². The molecule has 222 valence electrons. The molecule has 0 bridgehead atoms. The third kappa shape index (κ3) is 3.50. The van der Waals surface area contributed by atoms with Gasteiger partial charge in [-0.05, 0) is 80.2 Å². The summed E-state index contributed by atoms with van der Waals surface area (Å²) < 4.78 is 44.6. The second-order valence-corrected chi connectivity index (χ2v) is 12.9. The van der Waals surface area contributed by atoms with E-state index in [1.807, 2.05) is 11.8 Å². The van der Waals surface area contributed by atoms with Crippen LogP contribution in [0.1, 0.15) is 45.8 Å². The van der Waals surface area contributed by atoms with Crippen LogP contribution in [0.4, 0.5) is 8.78 Å². The lowest BCUT2D eigenvalue weighted by Crippen LogP contribution is -2.69. The van der Waals surface area contributed by atoms with E-state index in [0.29, 0.717) is 5.76 Å². The number of aliphatic hydroxyl groups is 2. The van der Waals surface area contributed by atoms with Crippen LogP contribution in [0.15, 0.2) is 46.6 Å². The minimum absolute atomic E-state index is 0.0276. The molecule has 2 N–H and O–H groups in total. The van der Waals surface area contributed by atoms with Crippen LogP contribution in [0.3, 0.4) is 0 Å². The molecule has 1 aromatic heterocycles. The van der Waals surface area contributed by atoms with Crippen LogP contribution in [0.2, 0.25) is 0 Å². The molecule has 41 heavy (non-hydrogen) atoms. The van der Waals surface area contributed by atoms with Crippen molar-refractivity contribution in [1.82, 2.24) is 4.90 Å². The summed E-state index contributed by atoms with van der Waals surface area (Å²) in [5.41, 5.74) is -6.22. The second kappa shape index (κ2) is 9.41. The molecule has 10 heteroatoms. The molecule has 0 radical (unpaired) electrons. The number of nitrogens with zero attached hydrogens (tertiary/aromatic N) is 1. The Morgan fingerprint density at radius 2 is 1.98 bits per heavy atom. The van der Waals surface area contributed by atoms with Crippen LogP contribution in [0.25, 0.3) is 0 Å². The Kier molecular flexibility index (Phi) is 6.52. The van der Waals surface area contributed by atoms with E-state index >= 15 is 8.78 Å². The number of carbonyl (C=O) groups is 3. The highest BCUT2D eigenvalue weighted by Crippen LogP contribution is 2.75. The van der Waals surface area contributed by atoms with E-state index in [1.54, 1.807) is 19.1 Å². The number of allylic oxidation sites excluding steroid dienone is 4. The largest absolute Gasteiger partial charge is 0.468 e. The van der Waals surface area contributed by atoms with E-state index in [-0.39, 0.29) is 44.5 Å². The average molecular weight is 574 g/mol. The number of ketones is 2. The Labute approximate surface area is 237 Å². The van der Waals surface area contributed by atoms with Crippen LogP contribution in [-0.4, -0.2) is 76.4 Å². The topological polar surface area (TPSA) is 117 Å². The summed E-state index contributed by atoms with van der Waals surface area (Å²) in [5, 5.41) is 22.0. The summed E-state index contributed by atoms with van der Waals surface area (Å²) in [6.07, 6.45) is 1.90. The zero-order valence-corrected chi connectivity index (χ0v) is 23.5. The quantitative estimate of drug-likeness (QED) is 0.499. The van der Waals surface area contributed by atoms with Gasteiger partial charge in [0.25, 0.3) is 0 Å². The number of alkyl halides is 2. The van der Waals surface area contributed by atoms with Gasteiger partial charge in [-0.3, -0.25) is 19.3 Å². The molecule has 6 rings (SSSR count). The Balaban J connectivity index is 1.48. The van der Waals surface area contributed by atoms with Crippen molar-refractivity contribution in [1.29, 1.82) is 0 Å². The van der Waals surface area contributed by atoms with Gasteiger partial charge in [0, 0.05) is 17.9 Å². The van der Waals surface area contributed by atoms with Gasteiger partial charge < -0.3 is 19.4 Å². The van der Waals surface area contributed by atoms with E-state index in [0.717, 1.165) is 6.08 Å². The first-order valence-corrected chi connectivity index (χ1v) is 14.4. The number of hydrogen-bond donors (Lipinski definition) is 2. The molecule has 1 aliphatic heterocycles. The molecule has 1 saturated heterocycles. The lowest BCUT2D eigenvalue weighted by Gasteiger charge is -2.63. The molecule has 3 saturated carbocycles. The van der Waals surface area contributed by atoms with Crippen molar-refractivity contribution in [3.8, 4) is 0 Å². The zero-order chi connectivity index (χ0) is 29.5. The number of hydrogen-bond acceptors (Lipinski definition) is 8. The van der Waals surface area contributed by atoms with Gasteiger partial charge in [0.2, 0.25) is 0 Å². The van der Waals surface area contributed by atoms with Gasteiger partial charge in [0.1, 0.15) is 24.6 Å². The molecular formula is C31H37F2NO7. The van der Waals surface area contributed by atoms with Crippen LogP contribution in [0, 0.1) is 34.0 Å². The first-order valence-electron chi connectivity index (χ1n) is 14.4. The summed E-state index contributed by atoms with van der Waals surface area (Å²) in [7, 11) is 0. The monoisotopic (exact) mass is 573 g/mol. The molecule has 4 fully saturated rings. The van der Waals surface area contributed by atoms with Crippen LogP contribution in [0.5, 0.6) is 0 Å². The molecule has 10 atom stereocenters. The van der Waals surface area contributed by atoms with Crippen LogP contribution in [-0.2, 0) is 25.7 Å². The lowest BCUT2D eigenvalue weighted by molar-refractivity contribution is -0.212. The fourth-order valence-electron chi connectivity index (χ4n) is 9.82. The maximum atomic E-state index is 17.7. The van der Waals surface area contributed by atoms with Gasteiger partial charge in [-0.2, -0.15) is 0 Å². The number of fused-ring (bicyclic) bond motifs is 7. The highest BCUT2D eigenvalue weighted by atomic mass is 19.1. The number of aliphatic hydroxyl groups excluding tert-OH is 2. The summed E-state index contributed by atoms with van der Waals surface area (Å²) in [6.45, 7) is 4.67. The predicted octanol–water partition coefficient (Wildman–Crippen LogP) is 3.12. The number of Topliss-reactive ketones (excluding diaryl/α,β-unsaturated/α-hetero) is 1. The fraction of sp³-hybridized carbons (Fsp3) is 0.645. The molecule has 0 aromatic carbocycles. The Hall–Kier alpha value is -2.69. The first-order chi connectivity index (χ1) is 19.4. The van der Waals surface area contributed by atoms with E-state index in [2.05, 4.69) is 0 Å². The maximum absolute atomic E-state index is 17.7. The number of furan rings is 1. The molecule has 2 heterocycles. The highest BCUT2D eigenvalue weighted by molar-refractivity contribution is 6.01. The average Bonchev–Trinajstić information content (AvgIpc) is 3.61. The zero-order valence-electron chi connectivity index (χ0n) is 23.5. The van der Waals surface area contributed by atoms with Crippen molar-refractivity contribution in [3.63, 3.8) is 0 Å². The third-order valence-corrected chi connectivity index (χ3v) is 11.5. The van der Waals surface area contributed by atoms with Gasteiger partial charge in [-0.1, -0.05) is 13.0 Å². The SMILES string of the molecule is CCOC(=O)C1[C@@H]2C[C@H]3[C@@H]4C[C@H](F)C5=CC(=O)C=C[C@]5(C)[C@@]4(F)[C@@H](O)C[C@]3(C)[C@]2(C(=O)CO)CN1Cc1ccco1. The van der Waals surface area contributed by atoms with Crippen molar-refractivity contribution in [2.24, 2.45) is 34.0 Å². The van der Waals surface area contributed by atoms with E-state index in [9.17, 15) is 24.6 Å². The van der Waals surface area contributed by atoms with Crippen molar-refractivity contribution < 1.29 is 42.5 Å². The summed E-state index contributed by atoms with van der Waals surface area (Å²) in [5.74, 6) is -3.09. The number of carbonyl (C=O) groups excluding carboxylic acids is 3. The third-order valence-electron chi connectivity index (χ3n) is 11.5. The van der Waals surface area contributed by atoms with Crippen LogP contribution >= 0.6 is 0 Å². The lowest BCUT2D eigenvalue weighted by atomic mass is 9.43. The number of likely N-dealkylation sites (tertiary alicyclic amines) is 1. The van der Waals surface area contributed by atoms with Crippen molar-refractivity contribution in [2.75, 3.05) is 19.8 Å². The molecule has 0 amide bonds. The molecular weight excluding hydrogens is 536 g/mol. The summed E-state index contributed by atoms with van der Waals surface area (Å²) in [6, 6.07) is 2.61. The van der Waals surface area contributed by atoms with E-state index in [4.69, 9.17) is 9.15 Å². The smallest absolute Gasteiger partial charge is 0.323 e. The minimum Gasteiger partial charge on any atom is -0.468 e. The van der Waals surface area contributed by atoms with Gasteiger partial charge in [0.05, 0.1) is 30.9 Å². The van der Waals surface area contributed by atoms with Crippen LogP contribution < -0.4 is 0 Å². The van der Waals surface area contributed by atoms with Gasteiger partial charge in [0.15, 0.2) is 17.2 Å². The Morgan fingerprint density at radius 3 is 2.63 bits per heavy atom. The highest BCUT2D eigenvalue weighted by Gasteiger charge is 2.80. The Bertz CT molecular complexity index is 1330. The number of rotatable bonds is 6. The predicted molar refractivity (Wildman–Crippen MR) is 142 cm³/mol. The first kappa shape index (κ1) is 28.4. The Morgan fingerprint density at radius 1 is 1.22 bits per heavy atom. The van der Waals surface area contributed by atoms with Gasteiger partial charge >= 0.3 is 5.97 Å². The second-order valence-electron chi connectivity index (χ2n) is 12.9. The van der Waals surface area contributed by atoms with Crippen molar-refractivity contribution >= 4 is 17.5 Å². The standard InChI is InChI=1S/C31H37F2NO7/c1-4-40-27(39)26-22-11-19-20-12-23(32)21-10-17(36)7-8-28(21,2)31(20,33)24(37)13-29(19,3)30(22,25(38)15-35)16-34(26)14-18-6-5-9-41-18/h5-10,19-20,22-24,26,35,37H,4,11-16H2,1-3H3/t19-,20-,22-,23-,24-,26?,28-,29-,30+,31-/m0/s1. The fourth-order valence-corrected chi connectivity index (χ4v) is 9.82. The van der Waals surface area contributed by atoms with Gasteiger partial charge in [-0.15, -0.1) is 0 Å². The number of esters is 1. The number of halogens is 2. The number of ether oxygens (including phenoxy) is 1. The van der Waals surface area contributed by atoms with Crippen molar-refractivity contribution in [3.05, 3.63) is 48.0 Å². The molecule has 1 unspecified atom stereocenters. The van der Waals surface area contributed by atoms with Crippen molar-refractivity contribution in [2.45, 2.75) is 70.6 Å². The molecule has 5 aliphatic rings. The van der Waals surface area contributed by atoms with Gasteiger partial charge in [-0.25, -0.2) is 8.78 Å². The summed E-state index contributed by atoms with van der Waals surface area (Å²) in [4.78, 5) is 41.4. The maximum Gasteiger partial charge on any atom is 0.323 e. The molecule has 1 aromatic rings. The normalized spacial score (nSPS) is 45.0. The molecule has 8 nitrogen and oxygen atoms in total. The molecule has 0 spiro atoms. The van der Waals surface area contributed by atoms with E-state index in [1.165, 1.54) is 25.3 Å². The molecule has 4 aliphatic carbocycles. The summed E-state index contributed by atoms with van der Waals surface area (Å²) >= 11 is 0.